The molecule has 0 bridgehead atoms. The molecule has 0 fully saturated rings. The van der Waals surface area contributed by atoms with Crippen molar-refractivity contribution in [1.29, 1.82) is 0 Å². The van der Waals surface area contributed by atoms with Crippen LogP contribution in [-0.4, -0.2) is 24.5 Å². The van der Waals surface area contributed by atoms with Crippen molar-refractivity contribution < 1.29 is 18.1 Å². The number of sulfone groups is 1. The highest BCUT2D eigenvalue weighted by Gasteiger charge is 2.30. The average molecular weight is 369 g/mol. The molecule has 0 aliphatic heterocycles. The van der Waals surface area contributed by atoms with Gasteiger partial charge in [-0.05, 0) is 37.3 Å². The van der Waals surface area contributed by atoms with Crippen molar-refractivity contribution in [3.63, 3.8) is 0 Å². The van der Waals surface area contributed by atoms with Gasteiger partial charge in [-0.1, -0.05) is 17.7 Å². The van der Waals surface area contributed by atoms with E-state index in [1.165, 1.54) is 13.0 Å². The van der Waals surface area contributed by atoms with Crippen molar-refractivity contribution >= 4 is 38.7 Å². The van der Waals surface area contributed by atoms with Gasteiger partial charge in [0.2, 0.25) is 5.91 Å². The number of nitro benzene ring substituents is 1. The molecule has 1 N–H and O–H groups in total. The molecular weight excluding hydrogens is 356 g/mol. The molecule has 0 unspecified atom stereocenters. The second kappa shape index (κ2) is 6.98. The van der Waals surface area contributed by atoms with Crippen LogP contribution in [0.4, 0.5) is 11.4 Å². The van der Waals surface area contributed by atoms with E-state index >= 15 is 0 Å². The first-order chi connectivity index (χ1) is 11.2. The molecule has 1 amide bonds. The molecule has 0 aromatic heterocycles. The summed E-state index contributed by atoms with van der Waals surface area (Å²) in [4.78, 5) is 22.0. The Morgan fingerprint density at radius 2 is 1.83 bits per heavy atom. The number of carbonyl (C=O) groups excluding carboxylic acids is 1. The van der Waals surface area contributed by atoms with Crippen molar-refractivity contribution in [2.45, 2.75) is 17.1 Å². The fraction of sp³-hybridized carbons (Fsp3) is 0.133. The molecule has 0 saturated heterocycles. The molecule has 2 rings (SSSR count). The Balaban J connectivity index is 2.21. The van der Waals surface area contributed by atoms with Crippen molar-refractivity contribution in [2.24, 2.45) is 0 Å². The third-order valence-corrected chi connectivity index (χ3v) is 5.61. The minimum atomic E-state index is -3.98. The molecule has 0 aliphatic rings. The van der Waals surface area contributed by atoms with Gasteiger partial charge in [0.05, 0.1) is 9.82 Å². The van der Waals surface area contributed by atoms with Gasteiger partial charge in [0.1, 0.15) is 5.25 Å². The first-order valence-corrected chi connectivity index (χ1v) is 8.69. The van der Waals surface area contributed by atoms with Crippen molar-refractivity contribution in [3.8, 4) is 0 Å². The highest BCUT2D eigenvalue weighted by atomic mass is 35.5. The van der Waals surface area contributed by atoms with Gasteiger partial charge in [-0.2, -0.15) is 0 Å². The molecule has 126 valence electrons. The second-order valence-corrected chi connectivity index (χ2v) is 7.64. The monoisotopic (exact) mass is 368 g/mol. The van der Waals surface area contributed by atoms with Crippen LogP contribution in [0, 0.1) is 10.1 Å². The topological polar surface area (TPSA) is 106 Å². The first kappa shape index (κ1) is 17.9. The largest absolute Gasteiger partial charge is 0.325 e. The van der Waals surface area contributed by atoms with Crippen LogP contribution in [0.5, 0.6) is 0 Å². The van der Waals surface area contributed by atoms with E-state index in [9.17, 15) is 23.3 Å². The number of carbonyl (C=O) groups is 1. The zero-order chi connectivity index (χ0) is 17.9. The Bertz CT molecular complexity index is 881. The van der Waals surface area contributed by atoms with E-state index in [4.69, 9.17) is 11.6 Å². The van der Waals surface area contributed by atoms with Crippen molar-refractivity contribution in [2.75, 3.05) is 5.32 Å². The highest BCUT2D eigenvalue weighted by molar-refractivity contribution is 7.92. The number of amides is 1. The Labute approximate surface area is 143 Å². The average Bonchev–Trinajstić information content (AvgIpc) is 2.54. The van der Waals surface area contributed by atoms with Crippen molar-refractivity contribution in [1.82, 2.24) is 0 Å². The number of rotatable bonds is 5. The van der Waals surface area contributed by atoms with Gasteiger partial charge in [-0.25, -0.2) is 8.42 Å². The number of non-ortho nitro benzene ring substituents is 1. The molecule has 9 heteroatoms. The minimum absolute atomic E-state index is 0.165. The zero-order valence-corrected chi connectivity index (χ0v) is 14.0. The summed E-state index contributed by atoms with van der Waals surface area (Å²) in [6, 6.07) is 10.7. The third kappa shape index (κ3) is 3.90. The SMILES string of the molecule is C[C@H](C(=O)Nc1cccc(Cl)c1)S(=O)(=O)c1ccc([N+](=O)[O-])cc1. The maximum atomic E-state index is 12.5. The third-order valence-electron chi connectivity index (χ3n) is 3.30. The lowest BCUT2D eigenvalue weighted by Crippen LogP contribution is -2.32. The van der Waals surface area contributed by atoms with E-state index in [0.717, 1.165) is 24.3 Å². The summed E-state index contributed by atoms with van der Waals surface area (Å²) in [6.07, 6.45) is 0. The van der Waals surface area contributed by atoms with Gasteiger partial charge in [0.25, 0.3) is 5.69 Å². The van der Waals surface area contributed by atoms with Gasteiger partial charge in [-0.3, -0.25) is 14.9 Å². The van der Waals surface area contributed by atoms with Gasteiger partial charge >= 0.3 is 0 Å². The molecule has 24 heavy (non-hydrogen) atoms. The van der Waals surface area contributed by atoms with Gasteiger partial charge < -0.3 is 5.32 Å². The van der Waals surface area contributed by atoms with Gasteiger partial charge in [0, 0.05) is 22.8 Å². The number of nitrogens with one attached hydrogen (secondary N) is 1. The van der Waals surface area contributed by atoms with Crippen molar-refractivity contribution in [3.05, 3.63) is 63.7 Å². The molecule has 0 heterocycles. The molecule has 2 aromatic rings. The lowest BCUT2D eigenvalue weighted by molar-refractivity contribution is -0.384. The summed E-state index contributed by atoms with van der Waals surface area (Å²) < 4.78 is 24.9. The van der Waals surface area contributed by atoms with Crippen LogP contribution < -0.4 is 5.32 Å². The van der Waals surface area contributed by atoms with Crippen LogP contribution in [0.3, 0.4) is 0 Å². The van der Waals surface area contributed by atoms with Crippen LogP contribution in [0.2, 0.25) is 5.02 Å². The molecule has 0 saturated carbocycles. The van der Waals surface area contributed by atoms with E-state index in [0.29, 0.717) is 10.7 Å². The first-order valence-electron chi connectivity index (χ1n) is 6.76. The van der Waals surface area contributed by atoms with Crippen LogP contribution in [0.25, 0.3) is 0 Å². The van der Waals surface area contributed by atoms with Gasteiger partial charge in [-0.15, -0.1) is 0 Å². The van der Waals surface area contributed by atoms with E-state index in [1.54, 1.807) is 18.2 Å². The molecule has 2 aromatic carbocycles. The number of hydrogen-bond acceptors (Lipinski definition) is 5. The van der Waals surface area contributed by atoms with E-state index in [-0.39, 0.29) is 10.6 Å². The molecule has 1 atom stereocenters. The summed E-state index contributed by atoms with van der Waals surface area (Å²) in [5, 5.41) is 12.1. The standard InChI is InChI=1S/C15H13ClN2O5S/c1-10(15(19)17-12-4-2-3-11(16)9-12)24(22,23)14-7-5-13(6-8-14)18(20)21/h2-10H,1H3,(H,17,19)/t10-/m1/s1. The Kier molecular flexibility index (Phi) is 5.20. The summed E-state index contributed by atoms with van der Waals surface area (Å²) >= 11 is 5.81. The number of hydrogen-bond donors (Lipinski definition) is 1. The maximum absolute atomic E-state index is 12.5. The molecule has 0 spiro atoms. The number of anilines is 1. The fourth-order valence-electron chi connectivity index (χ4n) is 1.91. The lowest BCUT2D eigenvalue weighted by atomic mass is 10.3. The minimum Gasteiger partial charge on any atom is -0.325 e. The Hall–Kier alpha value is -2.45. The van der Waals surface area contributed by atoms with E-state index in [2.05, 4.69) is 5.32 Å². The summed E-state index contributed by atoms with van der Waals surface area (Å²) in [5.41, 5.74) is 0.142. The van der Waals surface area contributed by atoms with E-state index in [1.807, 2.05) is 0 Å². The fourth-order valence-corrected chi connectivity index (χ4v) is 3.37. The lowest BCUT2D eigenvalue weighted by Gasteiger charge is -2.13. The quantitative estimate of drug-likeness (QED) is 0.644. The predicted octanol–water partition coefficient (Wildman–Crippen LogP) is 3.05. The Morgan fingerprint density at radius 3 is 2.38 bits per heavy atom. The van der Waals surface area contributed by atoms with Crippen LogP contribution in [0.15, 0.2) is 53.4 Å². The molecular formula is C15H13ClN2O5S. The zero-order valence-electron chi connectivity index (χ0n) is 12.5. The second-order valence-electron chi connectivity index (χ2n) is 4.94. The van der Waals surface area contributed by atoms with Crippen LogP contribution in [-0.2, 0) is 14.6 Å². The summed E-state index contributed by atoms with van der Waals surface area (Å²) in [6.45, 7) is 1.25. The van der Waals surface area contributed by atoms with Crippen LogP contribution >= 0.6 is 11.6 Å². The summed E-state index contributed by atoms with van der Waals surface area (Å²) in [7, 11) is -3.98. The predicted molar refractivity (Wildman–Crippen MR) is 89.8 cm³/mol. The highest BCUT2D eigenvalue weighted by Crippen LogP contribution is 2.21. The molecule has 0 aliphatic carbocycles. The Morgan fingerprint density at radius 1 is 1.21 bits per heavy atom. The molecule has 7 nitrogen and oxygen atoms in total. The van der Waals surface area contributed by atoms with E-state index < -0.39 is 25.9 Å². The van der Waals surface area contributed by atoms with Gasteiger partial charge in [0.15, 0.2) is 9.84 Å². The summed E-state index contributed by atoms with van der Waals surface area (Å²) in [5.74, 6) is -0.726. The van der Waals surface area contributed by atoms with Crippen LogP contribution in [0.1, 0.15) is 6.92 Å². The number of nitro groups is 1. The number of halogens is 1. The maximum Gasteiger partial charge on any atom is 0.269 e. The normalized spacial score (nSPS) is 12.4. The smallest absolute Gasteiger partial charge is 0.269 e. The number of benzene rings is 2. The number of nitrogens with zero attached hydrogens (tertiary/aromatic N) is 1. The molecule has 0 radical (unpaired) electrons.